The molecule has 0 fully saturated rings. The van der Waals surface area contributed by atoms with Crippen LogP contribution in [0, 0.1) is 0 Å². The number of nitrogens with zero attached hydrogens (tertiary/aromatic N) is 1. The lowest BCUT2D eigenvalue weighted by molar-refractivity contribution is 0.0901. The van der Waals surface area contributed by atoms with Gasteiger partial charge in [0.1, 0.15) is 0 Å². The predicted molar refractivity (Wildman–Crippen MR) is 98.7 cm³/mol. The standard InChI is InChI=1S/C20H20N2O2S/c23-20(18-7-3-11-24-18)21-13-17(19-8-4-12-25-19)22-10-9-15-5-1-2-6-16(15)14-22/h1-8,11-12,17H,9-10,13-14H2,(H,21,23)/t17-/m1/s1. The second kappa shape index (κ2) is 7.25. The molecule has 0 aliphatic carbocycles. The highest BCUT2D eigenvalue weighted by Crippen LogP contribution is 2.30. The lowest BCUT2D eigenvalue weighted by Gasteiger charge is -2.35. The first-order chi connectivity index (χ1) is 12.3. The quantitative estimate of drug-likeness (QED) is 0.758. The number of amides is 1. The van der Waals surface area contributed by atoms with E-state index in [4.69, 9.17) is 4.42 Å². The third-order valence-corrected chi connectivity index (χ3v) is 5.65. The molecule has 3 aromatic rings. The van der Waals surface area contributed by atoms with Crippen LogP contribution in [0.1, 0.15) is 32.6 Å². The van der Waals surface area contributed by atoms with Crippen LogP contribution in [0.25, 0.3) is 0 Å². The monoisotopic (exact) mass is 352 g/mol. The van der Waals surface area contributed by atoms with Crippen molar-refractivity contribution in [2.75, 3.05) is 13.1 Å². The smallest absolute Gasteiger partial charge is 0.287 e. The second-order valence-corrected chi connectivity index (χ2v) is 7.19. The van der Waals surface area contributed by atoms with Crippen molar-refractivity contribution in [2.24, 2.45) is 0 Å². The number of thiophene rings is 1. The molecule has 2 aromatic heterocycles. The molecule has 4 nitrogen and oxygen atoms in total. The van der Waals surface area contributed by atoms with Crippen molar-refractivity contribution < 1.29 is 9.21 Å². The molecule has 1 N–H and O–H groups in total. The van der Waals surface area contributed by atoms with Crippen LogP contribution in [-0.4, -0.2) is 23.9 Å². The average molecular weight is 352 g/mol. The normalized spacial score (nSPS) is 15.5. The lowest BCUT2D eigenvalue weighted by atomic mass is 9.98. The summed E-state index contributed by atoms with van der Waals surface area (Å²) in [7, 11) is 0. The van der Waals surface area contributed by atoms with E-state index in [-0.39, 0.29) is 11.9 Å². The van der Waals surface area contributed by atoms with Gasteiger partial charge in [0.05, 0.1) is 12.3 Å². The van der Waals surface area contributed by atoms with Crippen LogP contribution in [0.5, 0.6) is 0 Å². The third-order valence-electron chi connectivity index (χ3n) is 4.67. The highest BCUT2D eigenvalue weighted by atomic mass is 32.1. The lowest BCUT2D eigenvalue weighted by Crippen LogP contribution is -2.40. The molecular weight excluding hydrogens is 332 g/mol. The molecule has 128 valence electrons. The van der Waals surface area contributed by atoms with Gasteiger partial charge in [-0.15, -0.1) is 11.3 Å². The topological polar surface area (TPSA) is 45.5 Å². The van der Waals surface area contributed by atoms with Crippen LogP contribution in [-0.2, 0) is 13.0 Å². The summed E-state index contributed by atoms with van der Waals surface area (Å²) in [5.74, 6) is 0.192. The van der Waals surface area contributed by atoms with Crippen LogP contribution < -0.4 is 5.32 Å². The molecule has 5 heteroatoms. The van der Waals surface area contributed by atoms with E-state index in [1.54, 1.807) is 23.5 Å². The number of fused-ring (bicyclic) bond motifs is 1. The van der Waals surface area contributed by atoms with Gasteiger partial charge in [-0.2, -0.15) is 0 Å². The van der Waals surface area contributed by atoms with Gasteiger partial charge in [0, 0.05) is 24.5 Å². The molecule has 0 spiro atoms. The van der Waals surface area contributed by atoms with Crippen molar-refractivity contribution in [1.82, 2.24) is 10.2 Å². The van der Waals surface area contributed by atoms with Crippen LogP contribution in [0.2, 0.25) is 0 Å². The first-order valence-electron chi connectivity index (χ1n) is 8.47. The Morgan fingerprint density at radius 3 is 2.80 bits per heavy atom. The Kier molecular flexibility index (Phi) is 4.68. The Morgan fingerprint density at radius 2 is 2.04 bits per heavy atom. The molecule has 25 heavy (non-hydrogen) atoms. The summed E-state index contributed by atoms with van der Waals surface area (Å²) < 4.78 is 5.19. The van der Waals surface area contributed by atoms with Crippen molar-refractivity contribution in [1.29, 1.82) is 0 Å². The third kappa shape index (κ3) is 3.52. The Hall–Kier alpha value is -2.37. The molecule has 1 aliphatic rings. The first kappa shape index (κ1) is 16.1. The van der Waals surface area contributed by atoms with Crippen molar-refractivity contribution in [3.05, 3.63) is 81.9 Å². The minimum absolute atomic E-state index is 0.163. The number of benzene rings is 1. The van der Waals surface area contributed by atoms with Crippen LogP contribution >= 0.6 is 11.3 Å². The van der Waals surface area contributed by atoms with Crippen LogP contribution in [0.15, 0.2) is 64.6 Å². The molecule has 4 rings (SSSR count). The maximum Gasteiger partial charge on any atom is 0.287 e. The summed E-state index contributed by atoms with van der Waals surface area (Å²) in [6.45, 7) is 2.48. The van der Waals surface area contributed by atoms with Crippen molar-refractivity contribution in [3.8, 4) is 0 Å². The zero-order chi connectivity index (χ0) is 17.1. The fourth-order valence-electron chi connectivity index (χ4n) is 3.36. The summed E-state index contributed by atoms with van der Waals surface area (Å²) in [5.41, 5.74) is 2.82. The number of hydrogen-bond donors (Lipinski definition) is 1. The highest BCUT2D eigenvalue weighted by molar-refractivity contribution is 7.10. The number of rotatable bonds is 5. The van der Waals surface area contributed by atoms with Gasteiger partial charge in [0.25, 0.3) is 5.91 Å². The Morgan fingerprint density at radius 1 is 1.16 bits per heavy atom. The maximum absolute atomic E-state index is 12.2. The minimum Gasteiger partial charge on any atom is -0.459 e. The maximum atomic E-state index is 12.2. The van der Waals surface area contributed by atoms with E-state index in [1.807, 2.05) is 0 Å². The van der Waals surface area contributed by atoms with Gasteiger partial charge < -0.3 is 9.73 Å². The summed E-state index contributed by atoms with van der Waals surface area (Å²) >= 11 is 1.74. The molecule has 1 atom stereocenters. The van der Waals surface area contributed by atoms with Gasteiger partial charge in [-0.1, -0.05) is 30.3 Å². The SMILES string of the molecule is O=C(NC[C@H](c1cccs1)N1CCc2ccccc2C1)c1ccco1. The van der Waals surface area contributed by atoms with E-state index in [0.717, 1.165) is 19.5 Å². The number of nitrogens with one attached hydrogen (secondary N) is 1. The molecule has 3 heterocycles. The van der Waals surface area contributed by atoms with E-state index < -0.39 is 0 Å². The summed E-state index contributed by atoms with van der Waals surface area (Å²) in [6.07, 6.45) is 2.57. The fraction of sp³-hybridized carbons (Fsp3) is 0.250. The number of hydrogen-bond acceptors (Lipinski definition) is 4. The van der Waals surface area contributed by atoms with Crippen molar-refractivity contribution in [3.63, 3.8) is 0 Å². The molecule has 0 saturated carbocycles. The van der Waals surface area contributed by atoms with Gasteiger partial charge in [-0.3, -0.25) is 9.69 Å². The zero-order valence-corrected chi connectivity index (χ0v) is 14.7. The van der Waals surface area contributed by atoms with E-state index >= 15 is 0 Å². The fourth-order valence-corrected chi connectivity index (χ4v) is 4.22. The Bertz CT molecular complexity index is 827. The number of furan rings is 1. The summed E-state index contributed by atoms with van der Waals surface area (Å²) in [5, 5.41) is 5.12. The minimum atomic E-state index is -0.163. The van der Waals surface area contributed by atoms with Crippen LogP contribution in [0.4, 0.5) is 0 Å². The molecule has 1 aromatic carbocycles. The molecule has 1 amide bonds. The number of carbonyl (C=O) groups is 1. The predicted octanol–water partition coefficient (Wildman–Crippen LogP) is 3.87. The largest absolute Gasteiger partial charge is 0.459 e. The Balaban J connectivity index is 1.50. The van der Waals surface area contributed by atoms with E-state index in [1.165, 1.54) is 22.3 Å². The van der Waals surface area contributed by atoms with Gasteiger partial charge in [0.2, 0.25) is 0 Å². The van der Waals surface area contributed by atoms with Gasteiger partial charge in [0.15, 0.2) is 5.76 Å². The molecule has 0 bridgehead atoms. The number of carbonyl (C=O) groups excluding carboxylic acids is 1. The molecule has 0 saturated heterocycles. The summed E-state index contributed by atoms with van der Waals surface area (Å²) in [6, 6.07) is 16.4. The van der Waals surface area contributed by atoms with E-state index in [2.05, 4.69) is 52.0 Å². The first-order valence-corrected chi connectivity index (χ1v) is 9.35. The van der Waals surface area contributed by atoms with E-state index in [0.29, 0.717) is 12.3 Å². The van der Waals surface area contributed by atoms with Crippen LogP contribution in [0.3, 0.4) is 0 Å². The second-order valence-electron chi connectivity index (χ2n) is 6.21. The van der Waals surface area contributed by atoms with Gasteiger partial charge >= 0.3 is 0 Å². The Labute approximate surface area is 151 Å². The van der Waals surface area contributed by atoms with Gasteiger partial charge in [-0.05, 0) is 41.1 Å². The van der Waals surface area contributed by atoms with Crippen molar-refractivity contribution in [2.45, 2.75) is 19.0 Å². The molecule has 1 aliphatic heterocycles. The molecule has 0 radical (unpaired) electrons. The average Bonchev–Trinajstić information content (AvgIpc) is 3.35. The highest BCUT2D eigenvalue weighted by Gasteiger charge is 2.26. The molecular formula is C20H20N2O2S. The summed E-state index contributed by atoms with van der Waals surface area (Å²) in [4.78, 5) is 16.0. The zero-order valence-electron chi connectivity index (χ0n) is 13.9. The van der Waals surface area contributed by atoms with E-state index in [9.17, 15) is 4.79 Å². The van der Waals surface area contributed by atoms with Crippen molar-refractivity contribution >= 4 is 17.2 Å². The molecule has 0 unspecified atom stereocenters. The van der Waals surface area contributed by atoms with Gasteiger partial charge in [-0.25, -0.2) is 0 Å².